The molecule has 0 aliphatic heterocycles. The van der Waals surface area contributed by atoms with E-state index in [-0.39, 0.29) is 57.0 Å². The van der Waals surface area contributed by atoms with E-state index in [2.05, 4.69) is 15.1 Å². The van der Waals surface area contributed by atoms with Crippen LogP contribution in [0.4, 0.5) is 10.1 Å². The van der Waals surface area contributed by atoms with Gasteiger partial charge < -0.3 is 15.2 Å². The largest absolute Gasteiger partial charge is 0.476 e. The van der Waals surface area contributed by atoms with Crippen molar-refractivity contribution in [3.8, 4) is 17.3 Å². The molecule has 0 atom stereocenters. The van der Waals surface area contributed by atoms with Crippen LogP contribution < -0.4 is 14.8 Å². The minimum absolute atomic E-state index is 0.0929. The summed E-state index contributed by atoms with van der Waals surface area (Å²) in [5, 5.41) is 16.4. The van der Waals surface area contributed by atoms with Crippen molar-refractivity contribution in [3.63, 3.8) is 0 Å². The predicted molar refractivity (Wildman–Crippen MR) is 138 cm³/mol. The molecule has 1 fully saturated rings. The Morgan fingerprint density at radius 2 is 1.89 bits per heavy atom. The summed E-state index contributed by atoms with van der Waals surface area (Å²) < 4.78 is 50.3. The van der Waals surface area contributed by atoms with Gasteiger partial charge in [0.2, 0.25) is 21.8 Å². The second-order valence-electron chi connectivity index (χ2n) is 9.14. The Labute approximate surface area is 219 Å². The maximum Gasteiger partial charge on any atom is 0.356 e. The summed E-state index contributed by atoms with van der Waals surface area (Å²) >= 11 is 0. The number of nitrogens with zero attached hydrogens (tertiary/aromatic N) is 2. The standard InChI is InChI=1S/C26H29FN4O6S/c1-4-16(5-2)24(32)28-19-11-12-21(22(14-19)38(35,36)30-18-9-10-18)37-25-15(3)23(26(33)34)29-31(25)20-8-6-7-17(27)13-20/h6-8,11-14,16,18,30H,4-5,9-10H2,1-3H3,(H,28,32)(H,33,34). The number of carbonyl (C=O) groups excluding carboxylic acids is 1. The van der Waals surface area contributed by atoms with Gasteiger partial charge >= 0.3 is 5.97 Å². The number of carbonyl (C=O) groups is 2. The molecule has 0 radical (unpaired) electrons. The molecule has 2 aromatic carbocycles. The van der Waals surface area contributed by atoms with Crippen molar-refractivity contribution in [2.24, 2.45) is 5.92 Å². The molecular weight excluding hydrogens is 515 g/mol. The van der Waals surface area contributed by atoms with Gasteiger partial charge in [-0.05, 0) is 69.0 Å². The van der Waals surface area contributed by atoms with E-state index >= 15 is 0 Å². The first kappa shape index (κ1) is 27.3. The lowest BCUT2D eigenvalue weighted by atomic mass is 10.0. The van der Waals surface area contributed by atoms with Crippen molar-refractivity contribution in [1.29, 1.82) is 0 Å². The third-order valence-electron chi connectivity index (χ3n) is 6.29. The second-order valence-corrected chi connectivity index (χ2v) is 10.8. The first-order chi connectivity index (χ1) is 18.0. The highest BCUT2D eigenvalue weighted by Crippen LogP contribution is 2.36. The number of benzene rings is 2. The summed E-state index contributed by atoms with van der Waals surface area (Å²) in [6, 6.07) is 9.30. The van der Waals surface area contributed by atoms with Crippen LogP contribution >= 0.6 is 0 Å². The van der Waals surface area contributed by atoms with Crippen LogP contribution in [0, 0.1) is 18.7 Å². The fraction of sp³-hybridized carbons (Fsp3) is 0.346. The molecule has 1 aliphatic carbocycles. The molecule has 0 spiro atoms. The smallest absolute Gasteiger partial charge is 0.356 e. The summed E-state index contributed by atoms with van der Waals surface area (Å²) in [7, 11) is -4.08. The molecule has 0 saturated heterocycles. The quantitative estimate of drug-likeness (QED) is 0.320. The zero-order valence-electron chi connectivity index (χ0n) is 21.2. The number of rotatable bonds is 11. The van der Waals surface area contributed by atoms with Crippen molar-refractivity contribution in [2.75, 3.05) is 5.32 Å². The van der Waals surface area contributed by atoms with Gasteiger partial charge in [0.1, 0.15) is 16.5 Å². The number of halogens is 1. The van der Waals surface area contributed by atoms with Crippen LogP contribution in [0.3, 0.4) is 0 Å². The molecule has 3 N–H and O–H groups in total. The molecule has 1 amide bonds. The van der Waals surface area contributed by atoms with Crippen molar-refractivity contribution >= 4 is 27.6 Å². The number of aromatic nitrogens is 2. The monoisotopic (exact) mass is 544 g/mol. The fourth-order valence-electron chi connectivity index (χ4n) is 3.96. The zero-order chi connectivity index (χ0) is 27.6. The number of nitrogens with one attached hydrogen (secondary N) is 2. The summed E-state index contributed by atoms with van der Waals surface area (Å²) in [5.41, 5.74) is 0.238. The highest BCUT2D eigenvalue weighted by atomic mass is 32.2. The lowest BCUT2D eigenvalue weighted by Gasteiger charge is -2.17. The molecule has 1 aromatic heterocycles. The first-order valence-corrected chi connectivity index (χ1v) is 13.8. The summed E-state index contributed by atoms with van der Waals surface area (Å²) in [5.74, 6) is -2.57. The highest BCUT2D eigenvalue weighted by molar-refractivity contribution is 7.89. The summed E-state index contributed by atoms with van der Waals surface area (Å²) in [4.78, 5) is 24.2. The van der Waals surface area contributed by atoms with Gasteiger partial charge in [-0.25, -0.2) is 22.3 Å². The van der Waals surface area contributed by atoms with Gasteiger partial charge in [0.15, 0.2) is 5.69 Å². The Hall–Kier alpha value is -3.77. The van der Waals surface area contributed by atoms with E-state index in [9.17, 15) is 27.5 Å². The Kier molecular flexibility index (Phi) is 7.83. The topological polar surface area (TPSA) is 140 Å². The lowest BCUT2D eigenvalue weighted by Crippen LogP contribution is -2.26. The molecule has 4 rings (SSSR count). The lowest BCUT2D eigenvalue weighted by molar-refractivity contribution is -0.120. The number of anilines is 1. The number of aromatic carboxylic acids is 1. The summed E-state index contributed by atoms with van der Waals surface area (Å²) in [6.07, 6.45) is 2.67. The number of carboxylic acids is 1. The SMILES string of the molecule is CCC(CC)C(=O)Nc1ccc(Oc2c(C)c(C(=O)O)nn2-c2cccc(F)c2)c(S(=O)(=O)NC2CC2)c1. The van der Waals surface area contributed by atoms with Crippen LogP contribution in [0.15, 0.2) is 47.4 Å². The van der Waals surface area contributed by atoms with Crippen molar-refractivity contribution < 1.29 is 32.2 Å². The Balaban J connectivity index is 1.80. The van der Waals surface area contributed by atoms with Crippen LogP contribution in [0.1, 0.15) is 55.6 Å². The molecular formula is C26H29FN4O6S. The van der Waals surface area contributed by atoms with Gasteiger partial charge in [-0.2, -0.15) is 9.78 Å². The number of amides is 1. The maximum absolute atomic E-state index is 14.0. The minimum Gasteiger partial charge on any atom is -0.476 e. The summed E-state index contributed by atoms with van der Waals surface area (Å²) in [6.45, 7) is 5.26. The number of hydrogen-bond acceptors (Lipinski definition) is 6. The van der Waals surface area contributed by atoms with E-state index in [4.69, 9.17) is 4.74 Å². The van der Waals surface area contributed by atoms with E-state index < -0.39 is 21.8 Å². The van der Waals surface area contributed by atoms with E-state index in [1.807, 2.05) is 13.8 Å². The van der Waals surface area contributed by atoms with E-state index in [1.165, 1.54) is 43.3 Å². The van der Waals surface area contributed by atoms with Crippen LogP contribution in [0.25, 0.3) is 5.69 Å². The third kappa shape index (κ3) is 5.86. The average Bonchev–Trinajstić information content (AvgIpc) is 3.61. The molecule has 0 unspecified atom stereocenters. The molecule has 1 heterocycles. The Morgan fingerprint density at radius 1 is 1.18 bits per heavy atom. The van der Waals surface area contributed by atoms with Gasteiger partial charge in [0.05, 0.1) is 5.69 Å². The van der Waals surface area contributed by atoms with Crippen LogP contribution in [-0.4, -0.2) is 41.2 Å². The van der Waals surface area contributed by atoms with Crippen LogP contribution in [0.5, 0.6) is 11.6 Å². The van der Waals surface area contributed by atoms with Crippen LogP contribution in [0.2, 0.25) is 0 Å². The zero-order valence-corrected chi connectivity index (χ0v) is 22.0. The van der Waals surface area contributed by atoms with Gasteiger partial charge in [0.25, 0.3) is 0 Å². The van der Waals surface area contributed by atoms with Crippen LogP contribution in [-0.2, 0) is 14.8 Å². The van der Waals surface area contributed by atoms with Gasteiger partial charge in [0, 0.05) is 23.2 Å². The van der Waals surface area contributed by atoms with Gasteiger partial charge in [-0.1, -0.05) is 19.9 Å². The maximum atomic E-state index is 14.0. The molecule has 10 nitrogen and oxygen atoms in total. The molecule has 3 aromatic rings. The average molecular weight is 545 g/mol. The fourth-order valence-corrected chi connectivity index (χ4v) is 5.42. The molecule has 0 bridgehead atoms. The predicted octanol–water partition coefficient (Wildman–Crippen LogP) is 4.63. The molecule has 1 aliphatic rings. The second kappa shape index (κ2) is 10.9. The van der Waals surface area contributed by atoms with Crippen molar-refractivity contribution in [3.05, 3.63) is 59.5 Å². The first-order valence-electron chi connectivity index (χ1n) is 12.3. The highest BCUT2D eigenvalue weighted by Gasteiger charge is 2.32. The van der Waals surface area contributed by atoms with E-state index in [0.29, 0.717) is 25.7 Å². The molecule has 12 heteroatoms. The number of sulfonamides is 1. The van der Waals surface area contributed by atoms with E-state index in [0.717, 1.165) is 10.7 Å². The third-order valence-corrected chi connectivity index (χ3v) is 7.83. The van der Waals surface area contributed by atoms with Crippen molar-refractivity contribution in [2.45, 2.75) is 57.4 Å². The normalized spacial score (nSPS) is 13.5. The number of carboxylic acid groups (broad SMARTS) is 1. The van der Waals surface area contributed by atoms with Gasteiger partial charge in [-0.3, -0.25) is 4.79 Å². The Morgan fingerprint density at radius 3 is 2.50 bits per heavy atom. The minimum atomic E-state index is -4.08. The molecule has 202 valence electrons. The van der Waals surface area contributed by atoms with Crippen molar-refractivity contribution in [1.82, 2.24) is 14.5 Å². The van der Waals surface area contributed by atoms with E-state index in [1.54, 1.807) is 0 Å². The number of ether oxygens (including phenoxy) is 1. The number of hydrogen-bond donors (Lipinski definition) is 3. The molecule has 38 heavy (non-hydrogen) atoms. The van der Waals surface area contributed by atoms with Gasteiger partial charge in [-0.15, -0.1) is 0 Å². The Bertz CT molecular complexity index is 1480. The molecule has 1 saturated carbocycles.